The molecule has 0 saturated carbocycles. The molecular weight excluding hydrogens is 277 g/mol. The number of amides is 1. The number of anilines is 1. The first kappa shape index (κ1) is 13.9. The maximum absolute atomic E-state index is 12.2. The minimum Gasteiger partial charge on any atom is -0.309 e. The van der Waals surface area contributed by atoms with Crippen LogP contribution in [-0.2, 0) is 17.6 Å². The van der Waals surface area contributed by atoms with Gasteiger partial charge in [0, 0.05) is 4.88 Å². The standard InChI is InChI=1S/C12H11F3N2OS/c1-6-2-3-7-8(5-16)10(19-9(7)4-6)17-11(18)12(13,14)15/h6H,2-4H2,1H3,(H,17,18)/t6-/m0/s1. The van der Waals surface area contributed by atoms with Crippen molar-refractivity contribution in [2.45, 2.75) is 32.4 Å². The summed E-state index contributed by atoms with van der Waals surface area (Å²) >= 11 is 1.08. The Morgan fingerprint density at radius 3 is 2.79 bits per heavy atom. The molecule has 0 spiro atoms. The molecular formula is C12H11F3N2OS. The number of nitrogens with one attached hydrogen (secondary N) is 1. The zero-order chi connectivity index (χ0) is 14.2. The van der Waals surface area contributed by atoms with E-state index in [0.717, 1.165) is 34.6 Å². The van der Waals surface area contributed by atoms with Crippen LogP contribution >= 0.6 is 11.3 Å². The summed E-state index contributed by atoms with van der Waals surface area (Å²) in [5, 5.41) is 10.9. The van der Waals surface area contributed by atoms with Crippen molar-refractivity contribution in [1.82, 2.24) is 0 Å². The van der Waals surface area contributed by atoms with Gasteiger partial charge in [-0.15, -0.1) is 11.3 Å². The molecule has 1 aromatic heterocycles. The zero-order valence-electron chi connectivity index (χ0n) is 10.1. The third-order valence-corrected chi connectivity index (χ3v) is 4.28. The van der Waals surface area contributed by atoms with E-state index >= 15 is 0 Å². The lowest BCUT2D eigenvalue weighted by atomic mass is 9.89. The highest BCUT2D eigenvalue weighted by atomic mass is 32.1. The third kappa shape index (κ3) is 2.73. The van der Waals surface area contributed by atoms with Gasteiger partial charge in [-0.1, -0.05) is 6.92 Å². The molecule has 1 N–H and O–H groups in total. The zero-order valence-corrected chi connectivity index (χ0v) is 10.9. The summed E-state index contributed by atoms with van der Waals surface area (Å²) in [5.74, 6) is -1.58. The number of thiophene rings is 1. The topological polar surface area (TPSA) is 52.9 Å². The Bertz CT molecular complexity index is 557. The van der Waals surface area contributed by atoms with Crippen LogP contribution in [0.3, 0.4) is 0 Å². The minimum atomic E-state index is -4.94. The van der Waals surface area contributed by atoms with E-state index in [0.29, 0.717) is 12.3 Å². The van der Waals surface area contributed by atoms with E-state index in [4.69, 9.17) is 5.26 Å². The van der Waals surface area contributed by atoms with Crippen molar-refractivity contribution in [3.63, 3.8) is 0 Å². The van der Waals surface area contributed by atoms with Crippen molar-refractivity contribution < 1.29 is 18.0 Å². The lowest BCUT2D eigenvalue weighted by Crippen LogP contribution is -2.29. The molecule has 1 aliphatic carbocycles. The number of rotatable bonds is 1. The maximum Gasteiger partial charge on any atom is 0.471 e. The Balaban J connectivity index is 2.33. The third-order valence-electron chi connectivity index (χ3n) is 3.11. The summed E-state index contributed by atoms with van der Waals surface area (Å²) in [5.41, 5.74) is 0.979. The number of alkyl halides is 3. The normalized spacial score (nSPS) is 18.6. The summed E-state index contributed by atoms with van der Waals surface area (Å²) in [6.07, 6.45) is -2.61. The molecule has 0 saturated heterocycles. The van der Waals surface area contributed by atoms with Gasteiger partial charge in [0.2, 0.25) is 0 Å². The van der Waals surface area contributed by atoms with Gasteiger partial charge in [-0.3, -0.25) is 4.79 Å². The van der Waals surface area contributed by atoms with Crippen LogP contribution in [0.15, 0.2) is 0 Å². The van der Waals surface area contributed by atoms with Crippen molar-refractivity contribution >= 4 is 22.2 Å². The van der Waals surface area contributed by atoms with Gasteiger partial charge < -0.3 is 5.32 Å². The molecule has 19 heavy (non-hydrogen) atoms. The second-order valence-electron chi connectivity index (χ2n) is 4.62. The number of fused-ring (bicyclic) bond motifs is 1. The fraction of sp³-hybridized carbons (Fsp3) is 0.500. The number of hydrogen-bond acceptors (Lipinski definition) is 3. The molecule has 0 fully saturated rings. The Hall–Kier alpha value is -1.55. The Labute approximate surface area is 112 Å². The highest BCUT2D eigenvalue weighted by Gasteiger charge is 2.39. The molecule has 1 aliphatic rings. The number of halogens is 3. The Morgan fingerprint density at radius 1 is 1.53 bits per heavy atom. The molecule has 0 aromatic carbocycles. The van der Waals surface area contributed by atoms with Crippen LogP contribution in [-0.4, -0.2) is 12.1 Å². The van der Waals surface area contributed by atoms with Gasteiger partial charge in [-0.05, 0) is 30.7 Å². The molecule has 1 amide bonds. The lowest BCUT2D eigenvalue weighted by Gasteiger charge is -2.17. The Kier molecular flexibility index (Phi) is 3.54. The fourth-order valence-electron chi connectivity index (χ4n) is 2.13. The van der Waals surface area contributed by atoms with Crippen LogP contribution in [0.1, 0.15) is 29.3 Å². The van der Waals surface area contributed by atoms with Gasteiger partial charge in [0.15, 0.2) is 0 Å². The summed E-state index contributed by atoms with van der Waals surface area (Å²) in [6, 6.07) is 1.90. The maximum atomic E-state index is 12.2. The largest absolute Gasteiger partial charge is 0.471 e. The van der Waals surface area contributed by atoms with E-state index in [-0.39, 0.29) is 10.6 Å². The van der Waals surface area contributed by atoms with E-state index in [2.05, 4.69) is 6.92 Å². The van der Waals surface area contributed by atoms with Gasteiger partial charge in [0.25, 0.3) is 0 Å². The molecule has 1 aromatic rings. The molecule has 7 heteroatoms. The summed E-state index contributed by atoms with van der Waals surface area (Å²) < 4.78 is 36.7. The molecule has 2 rings (SSSR count). The van der Waals surface area contributed by atoms with Crippen molar-refractivity contribution in [2.24, 2.45) is 5.92 Å². The molecule has 0 radical (unpaired) electrons. The van der Waals surface area contributed by atoms with Gasteiger partial charge in [0.05, 0.1) is 5.56 Å². The number of hydrogen-bond donors (Lipinski definition) is 1. The van der Waals surface area contributed by atoms with Crippen molar-refractivity contribution in [3.8, 4) is 6.07 Å². The SMILES string of the molecule is C[C@H]1CCc2c(sc(NC(=O)C(F)(F)F)c2C#N)C1. The van der Waals surface area contributed by atoms with E-state index in [1.807, 2.05) is 6.07 Å². The first-order valence-electron chi connectivity index (χ1n) is 5.75. The van der Waals surface area contributed by atoms with E-state index in [9.17, 15) is 18.0 Å². The number of carbonyl (C=O) groups is 1. The second kappa shape index (κ2) is 4.85. The quantitative estimate of drug-likeness (QED) is 0.862. The van der Waals surface area contributed by atoms with Crippen LogP contribution in [0.5, 0.6) is 0 Å². The molecule has 1 atom stereocenters. The fourth-order valence-corrected chi connectivity index (χ4v) is 3.49. The molecule has 3 nitrogen and oxygen atoms in total. The number of nitriles is 1. The number of nitrogens with zero attached hydrogens (tertiary/aromatic N) is 1. The Morgan fingerprint density at radius 2 is 2.21 bits per heavy atom. The van der Waals surface area contributed by atoms with Crippen LogP contribution < -0.4 is 5.32 Å². The van der Waals surface area contributed by atoms with E-state index in [1.54, 1.807) is 5.32 Å². The van der Waals surface area contributed by atoms with Crippen molar-refractivity contribution in [1.29, 1.82) is 5.26 Å². The van der Waals surface area contributed by atoms with Gasteiger partial charge in [-0.25, -0.2) is 0 Å². The monoisotopic (exact) mass is 288 g/mol. The summed E-state index contributed by atoms with van der Waals surface area (Å²) in [4.78, 5) is 11.9. The van der Waals surface area contributed by atoms with Crippen LogP contribution in [0.4, 0.5) is 18.2 Å². The number of carbonyl (C=O) groups excluding carboxylic acids is 1. The highest BCUT2D eigenvalue weighted by molar-refractivity contribution is 7.16. The second-order valence-corrected chi connectivity index (χ2v) is 5.72. The average molecular weight is 288 g/mol. The summed E-state index contributed by atoms with van der Waals surface area (Å²) in [7, 11) is 0. The molecule has 0 unspecified atom stereocenters. The first-order valence-corrected chi connectivity index (χ1v) is 6.57. The molecule has 102 valence electrons. The van der Waals surface area contributed by atoms with Crippen molar-refractivity contribution in [2.75, 3.05) is 5.32 Å². The highest BCUT2D eigenvalue weighted by Crippen LogP contribution is 2.39. The minimum absolute atomic E-state index is 0.0175. The average Bonchev–Trinajstić information content (AvgIpc) is 2.63. The van der Waals surface area contributed by atoms with E-state index in [1.165, 1.54) is 0 Å². The van der Waals surface area contributed by atoms with Crippen molar-refractivity contribution in [3.05, 3.63) is 16.0 Å². The van der Waals surface area contributed by atoms with Crippen LogP contribution in [0.25, 0.3) is 0 Å². The lowest BCUT2D eigenvalue weighted by molar-refractivity contribution is -0.167. The van der Waals surface area contributed by atoms with Gasteiger partial charge in [-0.2, -0.15) is 18.4 Å². The first-order chi connectivity index (χ1) is 8.82. The van der Waals surface area contributed by atoms with Crippen LogP contribution in [0, 0.1) is 17.2 Å². The van der Waals surface area contributed by atoms with Gasteiger partial charge in [0.1, 0.15) is 11.1 Å². The smallest absolute Gasteiger partial charge is 0.309 e. The van der Waals surface area contributed by atoms with E-state index < -0.39 is 12.1 Å². The predicted molar refractivity (Wildman–Crippen MR) is 64.9 cm³/mol. The molecule has 0 aliphatic heterocycles. The summed E-state index contributed by atoms with van der Waals surface area (Å²) in [6.45, 7) is 2.06. The molecule has 1 heterocycles. The predicted octanol–water partition coefficient (Wildman–Crippen LogP) is 3.25. The molecule has 0 bridgehead atoms. The van der Waals surface area contributed by atoms with Gasteiger partial charge >= 0.3 is 12.1 Å². The van der Waals surface area contributed by atoms with Crippen LogP contribution in [0.2, 0.25) is 0 Å².